The number of hydrogen-bond acceptors (Lipinski definition) is 2. The molecule has 0 fully saturated rings. The van der Waals surface area contributed by atoms with Gasteiger partial charge in [0.15, 0.2) is 0 Å². The summed E-state index contributed by atoms with van der Waals surface area (Å²) >= 11 is 0. The van der Waals surface area contributed by atoms with Gasteiger partial charge in [-0.3, -0.25) is 4.79 Å². The number of hydrogen-bond donors (Lipinski definition) is 1. The zero-order chi connectivity index (χ0) is 11.9. The second kappa shape index (κ2) is 3.47. The van der Waals surface area contributed by atoms with Crippen LogP contribution in [0.1, 0.15) is 13.8 Å². The normalized spacial score (nSPS) is 18.8. The van der Waals surface area contributed by atoms with Crippen LogP contribution in [0.15, 0.2) is 18.2 Å². The summed E-state index contributed by atoms with van der Waals surface area (Å²) in [5.74, 6) is -0.329. The van der Waals surface area contributed by atoms with Gasteiger partial charge in [-0.05, 0) is 32.0 Å². The molecule has 0 saturated carbocycles. The fourth-order valence-corrected chi connectivity index (χ4v) is 1.97. The van der Waals surface area contributed by atoms with Crippen molar-refractivity contribution in [3.05, 3.63) is 24.0 Å². The van der Waals surface area contributed by atoms with Crippen LogP contribution in [0.3, 0.4) is 0 Å². The Balaban J connectivity index is 2.49. The maximum absolute atomic E-state index is 13.2. The highest BCUT2D eigenvalue weighted by Crippen LogP contribution is 2.33. The fourth-order valence-electron chi connectivity index (χ4n) is 1.97. The van der Waals surface area contributed by atoms with E-state index in [-0.39, 0.29) is 11.7 Å². The van der Waals surface area contributed by atoms with Crippen molar-refractivity contribution in [2.24, 2.45) is 5.41 Å². The summed E-state index contributed by atoms with van der Waals surface area (Å²) < 4.78 is 13.2. The van der Waals surface area contributed by atoms with E-state index in [1.54, 1.807) is 6.07 Å². The Kier molecular flexibility index (Phi) is 2.37. The van der Waals surface area contributed by atoms with Gasteiger partial charge < -0.3 is 10.2 Å². The highest BCUT2D eigenvalue weighted by molar-refractivity contribution is 5.99. The van der Waals surface area contributed by atoms with E-state index in [0.29, 0.717) is 12.2 Å². The standard InChI is InChI=1S/C12H15FN2O/c1-12(2)7-15(3)10-6-8(13)4-5-9(10)14-11(12)16/h4-6H,7H2,1-3H3,(H,14,16). The van der Waals surface area contributed by atoms with E-state index in [1.165, 1.54) is 12.1 Å². The first-order valence-corrected chi connectivity index (χ1v) is 5.22. The van der Waals surface area contributed by atoms with Crippen LogP contribution in [0.25, 0.3) is 0 Å². The van der Waals surface area contributed by atoms with Crippen LogP contribution in [0.2, 0.25) is 0 Å². The molecule has 0 spiro atoms. The number of amides is 1. The smallest absolute Gasteiger partial charge is 0.231 e. The molecule has 1 aromatic rings. The minimum Gasteiger partial charge on any atom is -0.372 e. The van der Waals surface area contributed by atoms with Crippen molar-refractivity contribution >= 4 is 17.3 Å². The molecule has 0 bridgehead atoms. The molecule has 1 aromatic carbocycles. The van der Waals surface area contributed by atoms with E-state index >= 15 is 0 Å². The molecule has 0 radical (unpaired) electrons. The largest absolute Gasteiger partial charge is 0.372 e. The van der Waals surface area contributed by atoms with Crippen molar-refractivity contribution in [1.82, 2.24) is 0 Å². The number of benzene rings is 1. The first-order valence-electron chi connectivity index (χ1n) is 5.22. The molecule has 1 N–H and O–H groups in total. The highest BCUT2D eigenvalue weighted by Gasteiger charge is 2.33. The molecular weight excluding hydrogens is 207 g/mol. The Bertz CT molecular complexity index is 443. The second-order valence-corrected chi connectivity index (χ2v) is 4.86. The van der Waals surface area contributed by atoms with Crippen LogP contribution in [-0.2, 0) is 4.79 Å². The number of nitrogens with zero attached hydrogens (tertiary/aromatic N) is 1. The van der Waals surface area contributed by atoms with Gasteiger partial charge in [0.1, 0.15) is 5.82 Å². The molecule has 0 atom stereocenters. The second-order valence-electron chi connectivity index (χ2n) is 4.86. The maximum atomic E-state index is 13.2. The lowest BCUT2D eigenvalue weighted by molar-refractivity contribution is -0.123. The third kappa shape index (κ3) is 1.75. The zero-order valence-electron chi connectivity index (χ0n) is 9.67. The van der Waals surface area contributed by atoms with Crippen molar-refractivity contribution < 1.29 is 9.18 Å². The van der Waals surface area contributed by atoms with Gasteiger partial charge >= 0.3 is 0 Å². The van der Waals surface area contributed by atoms with Crippen LogP contribution >= 0.6 is 0 Å². The third-order valence-corrected chi connectivity index (χ3v) is 2.87. The van der Waals surface area contributed by atoms with Gasteiger partial charge in [-0.25, -0.2) is 4.39 Å². The van der Waals surface area contributed by atoms with Crippen molar-refractivity contribution in [3.63, 3.8) is 0 Å². The molecule has 86 valence electrons. The lowest BCUT2D eigenvalue weighted by atomic mass is 9.92. The monoisotopic (exact) mass is 222 g/mol. The van der Waals surface area contributed by atoms with Gasteiger partial charge in [-0.2, -0.15) is 0 Å². The summed E-state index contributed by atoms with van der Waals surface area (Å²) in [6, 6.07) is 4.39. The minimum atomic E-state index is -0.482. The molecule has 3 nitrogen and oxygen atoms in total. The van der Waals surface area contributed by atoms with Gasteiger partial charge in [0.25, 0.3) is 0 Å². The van der Waals surface area contributed by atoms with Crippen molar-refractivity contribution in [1.29, 1.82) is 0 Å². The third-order valence-electron chi connectivity index (χ3n) is 2.87. The Morgan fingerprint density at radius 3 is 2.81 bits per heavy atom. The van der Waals surface area contributed by atoms with Gasteiger partial charge in [0, 0.05) is 13.6 Å². The van der Waals surface area contributed by atoms with Crippen LogP contribution < -0.4 is 10.2 Å². The Hall–Kier alpha value is -1.58. The summed E-state index contributed by atoms with van der Waals surface area (Å²) in [6.45, 7) is 4.32. The first-order chi connectivity index (χ1) is 7.40. The van der Waals surface area contributed by atoms with E-state index in [0.717, 1.165) is 5.69 Å². The molecule has 1 heterocycles. The molecule has 1 amide bonds. The zero-order valence-corrected chi connectivity index (χ0v) is 9.67. The number of carbonyl (C=O) groups is 1. The topological polar surface area (TPSA) is 32.3 Å². The van der Waals surface area contributed by atoms with Crippen molar-refractivity contribution in [2.75, 3.05) is 23.8 Å². The SMILES string of the molecule is CN1CC(C)(C)C(=O)Nc2ccc(F)cc21. The van der Waals surface area contributed by atoms with Gasteiger partial charge in [0.2, 0.25) is 5.91 Å². The molecule has 4 heteroatoms. The van der Waals surface area contributed by atoms with Gasteiger partial charge in [-0.1, -0.05) is 0 Å². The van der Waals surface area contributed by atoms with Crippen LogP contribution in [-0.4, -0.2) is 19.5 Å². The number of anilines is 2. The number of rotatable bonds is 0. The van der Waals surface area contributed by atoms with E-state index in [4.69, 9.17) is 0 Å². The summed E-state index contributed by atoms with van der Waals surface area (Å²) in [5, 5.41) is 2.82. The molecule has 1 aliphatic heterocycles. The predicted molar refractivity (Wildman–Crippen MR) is 62.1 cm³/mol. The fraction of sp³-hybridized carbons (Fsp3) is 0.417. The first kappa shape index (κ1) is 10.9. The van der Waals surface area contributed by atoms with Gasteiger partial charge in [-0.15, -0.1) is 0 Å². The van der Waals surface area contributed by atoms with E-state index < -0.39 is 5.41 Å². The quantitative estimate of drug-likeness (QED) is 0.730. The molecule has 2 rings (SSSR count). The molecule has 0 saturated heterocycles. The molecule has 1 aliphatic rings. The number of halogens is 1. The Morgan fingerprint density at radius 1 is 1.44 bits per heavy atom. The Morgan fingerprint density at radius 2 is 2.12 bits per heavy atom. The van der Waals surface area contributed by atoms with Gasteiger partial charge in [0.05, 0.1) is 16.8 Å². The average Bonchev–Trinajstić information content (AvgIpc) is 2.26. The molecular formula is C12H15FN2O. The average molecular weight is 222 g/mol. The molecule has 0 aromatic heterocycles. The molecule has 0 aliphatic carbocycles. The minimum absolute atomic E-state index is 0.0373. The van der Waals surface area contributed by atoms with Crippen molar-refractivity contribution in [3.8, 4) is 0 Å². The maximum Gasteiger partial charge on any atom is 0.231 e. The summed E-state index contributed by atoms with van der Waals surface area (Å²) in [6.07, 6.45) is 0. The van der Waals surface area contributed by atoms with E-state index in [2.05, 4.69) is 5.32 Å². The molecule has 16 heavy (non-hydrogen) atoms. The lowest BCUT2D eigenvalue weighted by Gasteiger charge is -2.26. The number of fused-ring (bicyclic) bond motifs is 1. The summed E-state index contributed by atoms with van der Waals surface area (Å²) in [7, 11) is 1.86. The lowest BCUT2D eigenvalue weighted by Crippen LogP contribution is -2.37. The highest BCUT2D eigenvalue weighted by atomic mass is 19.1. The van der Waals surface area contributed by atoms with E-state index in [1.807, 2.05) is 25.8 Å². The van der Waals surface area contributed by atoms with Crippen LogP contribution in [0.5, 0.6) is 0 Å². The summed E-state index contributed by atoms with van der Waals surface area (Å²) in [5.41, 5.74) is 0.906. The molecule has 0 unspecified atom stereocenters. The van der Waals surface area contributed by atoms with Crippen LogP contribution in [0, 0.1) is 11.2 Å². The summed E-state index contributed by atoms with van der Waals surface area (Å²) in [4.78, 5) is 13.8. The van der Waals surface area contributed by atoms with Crippen molar-refractivity contribution in [2.45, 2.75) is 13.8 Å². The predicted octanol–water partition coefficient (Wildman–Crippen LogP) is 2.24. The number of carbonyl (C=O) groups excluding carboxylic acids is 1. The van der Waals surface area contributed by atoms with E-state index in [9.17, 15) is 9.18 Å². The Labute approximate surface area is 94.3 Å². The van der Waals surface area contributed by atoms with Crippen LogP contribution in [0.4, 0.5) is 15.8 Å². The number of nitrogens with one attached hydrogen (secondary N) is 1.